The highest BCUT2D eigenvalue weighted by Gasteiger charge is 2.22. The zero-order valence-electron chi connectivity index (χ0n) is 20.9. The average Bonchev–Trinajstić information content (AvgIpc) is 2.84. The van der Waals surface area contributed by atoms with Crippen molar-refractivity contribution < 1.29 is 13.9 Å². The summed E-state index contributed by atoms with van der Waals surface area (Å²) in [5.41, 5.74) is 9.23. The van der Waals surface area contributed by atoms with Gasteiger partial charge in [0.2, 0.25) is 0 Å². The molecule has 0 bridgehead atoms. The van der Waals surface area contributed by atoms with Crippen molar-refractivity contribution >= 4 is 40.6 Å². The Balaban J connectivity index is 1.94. The molecule has 1 amide bonds. The van der Waals surface area contributed by atoms with Gasteiger partial charge >= 0.3 is 0 Å². The Morgan fingerprint density at radius 2 is 1.89 bits per heavy atom. The zero-order valence-corrected chi connectivity index (χ0v) is 21.7. The van der Waals surface area contributed by atoms with Gasteiger partial charge in [0.05, 0.1) is 29.9 Å². The highest BCUT2D eigenvalue weighted by atomic mass is 32.2. The minimum absolute atomic E-state index is 0.0189. The van der Waals surface area contributed by atoms with Crippen LogP contribution < -0.4 is 31.4 Å². The Morgan fingerprint density at radius 3 is 2.50 bits per heavy atom. The van der Waals surface area contributed by atoms with Crippen LogP contribution in [0.2, 0.25) is 0 Å². The lowest BCUT2D eigenvalue weighted by Gasteiger charge is -2.24. The number of rotatable bonds is 8. The summed E-state index contributed by atoms with van der Waals surface area (Å²) in [4.78, 5) is 17.2. The van der Waals surface area contributed by atoms with Crippen LogP contribution in [0.15, 0.2) is 61.1 Å². The molecular weight excluding hydrogens is 479 g/mol. The third kappa shape index (κ3) is 6.27. The fraction of sp³-hybridized carbons (Fsp3) is 0.231. The Hall–Kier alpha value is -3.76. The van der Waals surface area contributed by atoms with E-state index in [4.69, 9.17) is 16.3 Å². The van der Waals surface area contributed by atoms with Crippen molar-refractivity contribution in [2.75, 3.05) is 28.4 Å². The van der Waals surface area contributed by atoms with E-state index in [9.17, 15) is 9.18 Å². The molecule has 0 fully saturated rings. The van der Waals surface area contributed by atoms with Crippen molar-refractivity contribution in [3.05, 3.63) is 83.6 Å². The first-order valence-electron chi connectivity index (χ1n) is 11.1. The second kappa shape index (κ2) is 11.3. The molecule has 1 aromatic heterocycles. The molecule has 0 aliphatic rings. The molecule has 3 aromatic rings. The third-order valence-electron chi connectivity index (χ3n) is 5.38. The van der Waals surface area contributed by atoms with Crippen molar-refractivity contribution in [2.24, 2.45) is 11.6 Å². The maximum absolute atomic E-state index is 14.6. The SMILES string of the molecule is COc1c(NSC)cc(C(C)(C)C)cc1NC(=O)c1ccc(F)c(N(N)/C=C(\N)c2cccnc2)c1. The van der Waals surface area contributed by atoms with E-state index < -0.39 is 11.7 Å². The highest BCUT2D eigenvalue weighted by molar-refractivity contribution is 7.99. The van der Waals surface area contributed by atoms with E-state index in [1.165, 1.54) is 43.5 Å². The first-order chi connectivity index (χ1) is 17.0. The predicted octanol–water partition coefficient (Wildman–Crippen LogP) is 5.11. The zero-order chi connectivity index (χ0) is 26.5. The lowest BCUT2D eigenvalue weighted by atomic mass is 9.86. The molecule has 190 valence electrons. The number of hydrogen-bond acceptors (Lipinski definition) is 8. The maximum atomic E-state index is 14.6. The molecule has 0 saturated heterocycles. The molecule has 0 unspecified atom stereocenters. The van der Waals surface area contributed by atoms with Crippen LogP contribution in [0.1, 0.15) is 42.3 Å². The minimum Gasteiger partial charge on any atom is -0.492 e. The number of nitrogens with zero attached hydrogens (tertiary/aromatic N) is 2. The summed E-state index contributed by atoms with van der Waals surface area (Å²) in [5, 5.41) is 3.94. The molecule has 0 spiro atoms. The van der Waals surface area contributed by atoms with Crippen LogP contribution in [-0.4, -0.2) is 24.3 Å². The number of halogens is 1. The summed E-state index contributed by atoms with van der Waals surface area (Å²) in [6.07, 6.45) is 6.45. The number of hydrogen-bond donors (Lipinski definition) is 4. The Kier molecular flexibility index (Phi) is 8.44. The summed E-state index contributed by atoms with van der Waals surface area (Å²) in [6, 6.07) is 11.3. The number of pyridine rings is 1. The van der Waals surface area contributed by atoms with Gasteiger partial charge < -0.3 is 20.5 Å². The standard InChI is InChI=1S/C26H31FN6O2S/c1-26(2,3)18-12-21(24(35-4)22(13-18)32-36-5)31-25(34)16-8-9-19(27)23(11-16)33(29)15-20(28)17-7-6-10-30-14-17/h6-15,32H,28-29H2,1-5H3,(H,31,34)/b20-15-. The second-order valence-electron chi connectivity index (χ2n) is 9.01. The van der Waals surface area contributed by atoms with E-state index in [1.807, 2.05) is 18.4 Å². The number of carbonyl (C=O) groups excluding carboxylic acids is 1. The van der Waals surface area contributed by atoms with E-state index >= 15 is 0 Å². The first-order valence-corrected chi connectivity index (χ1v) is 12.3. The number of hydrazine groups is 1. The monoisotopic (exact) mass is 510 g/mol. The van der Waals surface area contributed by atoms with Crippen molar-refractivity contribution in [1.82, 2.24) is 4.98 Å². The Labute approximate surface area is 215 Å². The van der Waals surface area contributed by atoms with E-state index in [1.54, 1.807) is 24.5 Å². The van der Waals surface area contributed by atoms with Gasteiger partial charge in [0.15, 0.2) is 5.75 Å². The molecule has 8 nitrogen and oxygen atoms in total. The molecule has 1 heterocycles. The van der Waals surface area contributed by atoms with Crippen LogP contribution in [0, 0.1) is 5.82 Å². The number of benzene rings is 2. The van der Waals surface area contributed by atoms with Gasteiger partial charge in [-0.25, -0.2) is 10.2 Å². The van der Waals surface area contributed by atoms with Gasteiger partial charge in [0, 0.05) is 36.0 Å². The number of anilines is 3. The van der Waals surface area contributed by atoms with Crippen molar-refractivity contribution in [1.29, 1.82) is 0 Å². The summed E-state index contributed by atoms with van der Waals surface area (Å²) >= 11 is 1.41. The van der Waals surface area contributed by atoms with E-state index in [0.29, 0.717) is 17.0 Å². The van der Waals surface area contributed by atoms with Gasteiger partial charge in [-0.3, -0.25) is 14.8 Å². The van der Waals surface area contributed by atoms with Gasteiger partial charge in [-0.15, -0.1) is 0 Å². The van der Waals surface area contributed by atoms with Crippen molar-refractivity contribution in [2.45, 2.75) is 26.2 Å². The van der Waals surface area contributed by atoms with Crippen LogP contribution in [0.25, 0.3) is 5.70 Å². The largest absolute Gasteiger partial charge is 0.492 e. The van der Waals surface area contributed by atoms with Gasteiger partial charge in [-0.2, -0.15) is 0 Å². The minimum atomic E-state index is -0.608. The van der Waals surface area contributed by atoms with Crippen LogP contribution >= 0.6 is 11.9 Å². The molecule has 0 aliphatic carbocycles. The fourth-order valence-corrected chi connectivity index (χ4v) is 3.81. The topological polar surface area (TPSA) is 119 Å². The number of methoxy groups -OCH3 is 1. The lowest BCUT2D eigenvalue weighted by molar-refractivity contribution is 0.102. The number of carbonyl (C=O) groups is 1. The average molecular weight is 511 g/mol. The van der Waals surface area contributed by atoms with Crippen molar-refractivity contribution in [3.8, 4) is 5.75 Å². The molecule has 0 atom stereocenters. The van der Waals surface area contributed by atoms with Crippen molar-refractivity contribution in [3.63, 3.8) is 0 Å². The summed E-state index contributed by atoms with van der Waals surface area (Å²) in [7, 11) is 1.54. The predicted molar refractivity (Wildman–Crippen MR) is 146 cm³/mol. The van der Waals surface area contributed by atoms with Gasteiger partial charge in [-0.05, 0) is 53.4 Å². The highest BCUT2D eigenvalue weighted by Crippen LogP contribution is 2.39. The number of nitrogens with one attached hydrogen (secondary N) is 2. The summed E-state index contributed by atoms with van der Waals surface area (Å²) in [6.45, 7) is 6.24. The second-order valence-corrected chi connectivity index (χ2v) is 9.63. The molecule has 10 heteroatoms. The van der Waals surface area contributed by atoms with E-state index in [2.05, 4.69) is 35.8 Å². The Bertz CT molecular complexity index is 1260. The quantitative estimate of drug-likeness (QED) is 0.188. The maximum Gasteiger partial charge on any atom is 0.255 e. The molecule has 0 aliphatic heterocycles. The normalized spacial score (nSPS) is 11.7. The van der Waals surface area contributed by atoms with Gasteiger partial charge in [0.1, 0.15) is 5.82 Å². The molecule has 3 rings (SSSR count). The number of ether oxygens (including phenoxy) is 1. The molecule has 36 heavy (non-hydrogen) atoms. The van der Waals surface area contributed by atoms with Crippen LogP contribution in [-0.2, 0) is 5.41 Å². The Morgan fingerprint density at radius 1 is 1.17 bits per heavy atom. The molecule has 6 N–H and O–H groups in total. The smallest absolute Gasteiger partial charge is 0.255 e. The first kappa shape index (κ1) is 26.8. The van der Waals surface area contributed by atoms with E-state index in [0.717, 1.165) is 16.3 Å². The van der Waals surface area contributed by atoms with Crippen LogP contribution in [0.5, 0.6) is 5.75 Å². The molecule has 0 saturated carbocycles. The van der Waals surface area contributed by atoms with E-state index in [-0.39, 0.29) is 22.4 Å². The fourth-order valence-electron chi connectivity index (χ4n) is 3.43. The summed E-state index contributed by atoms with van der Waals surface area (Å²) < 4.78 is 23.4. The lowest BCUT2D eigenvalue weighted by Crippen LogP contribution is -2.27. The van der Waals surface area contributed by atoms with Gasteiger partial charge in [0.25, 0.3) is 5.91 Å². The van der Waals surface area contributed by atoms with Crippen LogP contribution in [0.3, 0.4) is 0 Å². The number of aromatic nitrogens is 1. The van der Waals surface area contributed by atoms with Gasteiger partial charge in [-0.1, -0.05) is 32.7 Å². The molecule has 2 aromatic carbocycles. The van der Waals surface area contributed by atoms with Crippen LogP contribution in [0.4, 0.5) is 21.5 Å². The number of nitrogens with two attached hydrogens (primary N) is 2. The number of amides is 1. The molecule has 0 radical (unpaired) electrons. The third-order valence-corrected chi connectivity index (χ3v) is 5.80. The molecular formula is C26H31FN6O2S. The summed E-state index contributed by atoms with van der Waals surface area (Å²) in [5.74, 6) is 5.50.